The summed E-state index contributed by atoms with van der Waals surface area (Å²) in [4.78, 5) is 4.92. The van der Waals surface area contributed by atoms with E-state index in [9.17, 15) is 0 Å². The number of imidazole rings is 1. The second kappa shape index (κ2) is 9.18. The lowest BCUT2D eigenvalue weighted by molar-refractivity contribution is 0.670. The normalized spacial score (nSPS) is 12.0. The zero-order valence-corrected chi connectivity index (χ0v) is 24.2. The van der Waals surface area contributed by atoms with Crippen molar-refractivity contribution in [2.24, 2.45) is 0 Å². The van der Waals surface area contributed by atoms with Gasteiger partial charge in [-0.25, -0.2) is 4.98 Å². The Morgan fingerprint density at radius 2 is 1.24 bits per heavy atom. The lowest BCUT2D eigenvalue weighted by Gasteiger charge is -2.11. The van der Waals surface area contributed by atoms with Crippen molar-refractivity contribution in [3.8, 4) is 28.1 Å². The third-order valence-corrected chi connectivity index (χ3v) is 9.12. The van der Waals surface area contributed by atoms with Crippen LogP contribution in [0.1, 0.15) is 0 Å². The van der Waals surface area contributed by atoms with Crippen molar-refractivity contribution < 1.29 is 4.42 Å². The summed E-state index contributed by atoms with van der Waals surface area (Å²) in [6, 6.07) is 49.5. The van der Waals surface area contributed by atoms with E-state index in [2.05, 4.69) is 130 Å². The molecule has 0 amide bonds. The molecule has 0 spiro atoms. The van der Waals surface area contributed by atoms with Crippen LogP contribution in [0.3, 0.4) is 0 Å². The van der Waals surface area contributed by atoms with Crippen LogP contribution in [0, 0.1) is 0 Å². The number of rotatable bonds is 3. The number of fused-ring (bicyclic) bond motifs is 8. The van der Waals surface area contributed by atoms with Gasteiger partial charge in [-0.15, -0.1) is 0 Å². The number of para-hydroxylation sites is 2. The first-order valence-electron chi connectivity index (χ1n) is 15.2. The monoisotopic (exact) mass is 575 g/mol. The molecule has 0 aliphatic carbocycles. The van der Waals surface area contributed by atoms with Crippen LogP contribution in [0.5, 0.6) is 0 Å². The molecule has 45 heavy (non-hydrogen) atoms. The average Bonchev–Trinajstić information content (AvgIpc) is 3.78. The molecule has 0 unspecified atom stereocenters. The highest BCUT2D eigenvalue weighted by Crippen LogP contribution is 2.43. The molecule has 4 nitrogen and oxygen atoms in total. The van der Waals surface area contributed by atoms with E-state index in [1.165, 1.54) is 21.5 Å². The summed E-state index contributed by atoms with van der Waals surface area (Å²) in [7, 11) is 0. The van der Waals surface area contributed by atoms with Crippen molar-refractivity contribution in [2.45, 2.75) is 0 Å². The molecule has 0 aliphatic rings. The van der Waals surface area contributed by atoms with Gasteiger partial charge in [0.05, 0.1) is 16.7 Å². The van der Waals surface area contributed by atoms with Gasteiger partial charge in [-0.3, -0.25) is 0 Å². The van der Waals surface area contributed by atoms with Crippen molar-refractivity contribution in [1.29, 1.82) is 0 Å². The molecule has 0 saturated carbocycles. The van der Waals surface area contributed by atoms with Gasteiger partial charge < -0.3 is 13.4 Å². The molecule has 10 aromatic rings. The number of hydrogen-bond acceptors (Lipinski definition) is 2. The fraction of sp³-hybridized carbons (Fsp3) is 0. The van der Waals surface area contributed by atoms with Gasteiger partial charge >= 0.3 is 0 Å². The Morgan fingerprint density at radius 1 is 0.533 bits per heavy atom. The summed E-state index contributed by atoms with van der Waals surface area (Å²) >= 11 is 0. The fourth-order valence-electron chi connectivity index (χ4n) is 7.07. The molecule has 0 aliphatic heterocycles. The lowest BCUT2D eigenvalue weighted by atomic mass is 9.94. The van der Waals surface area contributed by atoms with Crippen LogP contribution < -0.4 is 0 Å². The molecule has 0 N–H and O–H groups in total. The highest BCUT2D eigenvalue weighted by atomic mass is 16.3. The third-order valence-electron chi connectivity index (χ3n) is 9.12. The molecule has 4 heteroatoms. The van der Waals surface area contributed by atoms with Crippen molar-refractivity contribution in [3.63, 3.8) is 0 Å². The number of aromatic nitrogens is 3. The van der Waals surface area contributed by atoms with Crippen molar-refractivity contribution in [2.75, 3.05) is 0 Å². The maximum absolute atomic E-state index is 6.61. The molecule has 6 aromatic carbocycles. The number of furan rings is 1. The average molecular weight is 576 g/mol. The number of nitrogens with zero attached hydrogens (tertiary/aromatic N) is 3. The van der Waals surface area contributed by atoms with Crippen LogP contribution in [-0.2, 0) is 0 Å². The van der Waals surface area contributed by atoms with Gasteiger partial charge in [0.2, 0.25) is 0 Å². The maximum atomic E-state index is 6.61. The Balaban J connectivity index is 1.28. The Morgan fingerprint density at radius 3 is 2.09 bits per heavy atom. The highest BCUT2D eigenvalue weighted by molar-refractivity contribution is 6.19. The minimum absolute atomic E-state index is 0.906. The third kappa shape index (κ3) is 3.57. The Labute approximate surface area is 258 Å². The van der Waals surface area contributed by atoms with Gasteiger partial charge in [-0.2, -0.15) is 0 Å². The van der Waals surface area contributed by atoms with Crippen LogP contribution >= 0.6 is 0 Å². The molecule has 0 atom stereocenters. The summed E-state index contributed by atoms with van der Waals surface area (Å²) in [5, 5.41) is 7.07. The molecular formula is C41H25N3O. The van der Waals surface area contributed by atoms with Crippen LogP contribution in [0.4, 0.5) is 0 Å². The predicted molar refractivity (Wildman–Crippen MR) is 185 cm³/mol. The smallest absolute Gasteiger partial charge is 0.143 e. The number of benzene rings is 6. The van der Waals surface area contributed by atoms with Crippen LogP contribution in [0.15, 0.2) is 156 Å². The quantitative estimate of drug-likeness (QED) is 0.210. The minimum Gasteiger partial charge on any atom is -0.455 e. The van der Waals surface area contributed by atoms with Gasteiger partial charge in [-0.05, 0) is 64.9 Å². The second-order valence-corrected chi connectivity index (χ2v) is 11.7. The van der Waals surface area contributed by atoms with Gasteiger partial charge in [0.1, 0.15) is 16.8 Å². The molecule has 10 rings (SSSR count). The zero-order valence-electron chi connectivity index (χ0n) is 24.2. The molecule has 0 radical (unpaired) electrons. The summed E-state index contributed by atoms with van der Waals surface area (Å²) in [5.41, 5.74) is 10.5. The highest BCUT2D eigenvalue weighted by Gasteiger charge is 2.19. The Kier molecular flexibility index (Phi) is 4.96. The van der Waals surface area contributed by atoms with E-state index >= 15 is 0 Å². The first-order chi connectivity index (χ1) is 22.3. The van der Waals surface area contributed by atoms with E-state index in [0.717, 1.165) is 66.7 Å². The largest absolute Gasteiger partial charge is 0.455 e. The lowest BCUT2D eigenvalue weighted by Crippen LogP contribution is -1.94. The van der Waals surface area contributed by atoms with Crippen LogP contribution in [0.25, 0.3) is 88.2 Å². The molecular weight excluding hydrogens is 550 g/mol. The van der Waals surface area contributed by atoms with Gasteiger partial charge in [0.25, 0.3) is 0 Å². The van der Waals surface area contributed by atoms with Gasteiger partial charge in [-0.1, -0.05) is 91.0 Å². The molecule has 4 aromatic heterocycles. The van der Waals surface area contributed by atoms with E-state index in [4.69, 9.17) is 9.40 Å². The van der Waals surface area contributed by atoms with Gasteiger partial charge in [0.15, 0.2) is 0 Å². The van der Waals surface area contributed by atoms with Crippen molar-refractivity contribution in [1.82, 2.24) is 14.0 Å². The first-order valence-corrected chi connectivity index (χ1v) is 15.2. The molecule has 4 heterocycles. The summed E-state index contributed by atoms with van der Waals surface area (Å²) in [6.07, 6.45) is 4.14. The van der Waals surface area contributed by atoms with E-state index in [0.29, 0.717) is 0 Å². The molecule has 0 saturated heterocycles. The molecule has 210 valence electrons. The van der Waals surface area contributed by atoms with Crippen molar-refractivity contribution in [3.05, 3.63) is 152 Å². The topological polar surface area (TPSA) is 35.4 Å². The fourth-order valence-corrected chi connectivity index (χ4v) is 7.07. The van der Waals surface area contributed by atoms with E-state index in [1.54, 1.807) is 0 Å². The van der Waals surface area contributed by atoms with E-state index in [-0.39, 0.29) is 0 Å². The first kappa shape index (κ1) is 24.3. The number of hydrogen-bond donors (Lipinski definition) is 0. The molecule has 0 fully saturated rings. The number of pyridine rings is 1. The summed E-state index contributed by atoms with van der Waals surface area (Å²) in [6.45, 7) is 0. The van der Waals surface area contributed by atoms with Crippen molar-refractivity contribution >= 4 is 60.2 Å². The zero-order chi connectivity index (χ0) is 29.5. The van der Waals surface area contributed by atoms with Crippen LogP contribution in [-0.4, -0.2) is 14.0 Å². The predicted octanol–water partition coefficient (Wildman–Crippen LogP) is 10.8. The van der Waals surface area contributed by atoms with Gasteiger partial charge in [0, 0.05) is 50.8 Å². The molecule has 0 bridgehead atoms. The standard InChI is InChI=1S/C41H25N3O/c1-2-11-29(12-3-1)44-36-23-27(35-25-43-21-9-8-16-39(43)42-35)17-19-31(36)32-20-18-28(24-37(32)44)40-30-13-5-4-10-26(30)22-34-33-14-6-7-15-38(33)45-41(34)40/h1-25H. The summed E-state index contributed by atoms with van der Waals surface area (Å²) in [5.74, 6) is 0. The van der Waals surface area contributed by atoms with E-state index < -0.39 is 0 Å². The Hall–Kier alpha value is -6.13. The van der Waals surface area contributed by atoms with E-state index in [1.807, 2.05) is 30.5 Å². The maximum Gasteiger partial charge on any atom is 0.143 e. The van der Waals surface area contributed by atoms with Crippen LogP contribution in [0.2, 0.25) is 0 Å². The minimum atomic E-state index is 0.906. The SMILES string of the molecule is c1ccc(-n2c3cc(-c4cn5ccccc5n4)ccc3c3ccc(-c4c5ccccc5cc5c4oc4ccccc45)cc32)cc1. The Bertz CT molecular complexity index is 2730. The second-order valence-electron chi connectivity index (χ2n) is 11.7. The summed E-state index contributed by atoms with van der Waals surface area (Å²) < 4.78 is 11.1.